The summed E-state index contributed by atoms with van der Waals surface area (Å²) in [7, 11) is 0. The first-order chi connectivity index (χ1) is 11.4. The molecular formula is C17H10ClF3N2O. The van der Waals surface area contributed by atoms with Crippen LogP contribution >= 0.6 is 11.6 Å². The normalized spacial score (nSPS) is 11.5. The van der Waals surface area contributed by atoms with Gasteiger partial charge in [0, 0.05) is 16.8 Å². The molecule has 0 amide bonds. The molecule has 0 aliphatic rings. The molecule has 0 fully saturated rings. The molecule has 0 unspecified atom stereocenters. The molecule has 0 saturated heterocycles. The molecule has 0 radical (unpaired) electrons. The summed E-state index contributed by atoms with van der Waals surface area (Å²) in [5, 5.41) is 4.78. The van der Waals surface area contributed by atoms with Gasteiger partial charge in [0.1, 0.15) is 5.69 Å². The fourth-order valence-corrected chi connectivity index (χ4v) is 2.39. The van der Waals surface area contributed by atoms with Crippen LogP contribution in [0.5, 0.6) is 0 Å². The van der Waals surface area contributed by atoms with Gasteiger partial charge < -0.3 is 0 Å². The van der Waals surface area contributed by atoms with Crippen molar-refractivity contribution in [2.45, 2.75) is 6.18 Å². The van der Waals surface area contributed by atoms with Gasteiger partial charge in [0.15, 0.2) is 6.29 Å². The van der Waals surface area contributed by atoms with E-state index in [4.69, 9.17) is 11.6 Å². The van der Waals surface area contributed by atoms with E-state index in [0.717, 1.165) is 12.1 Å². The van der Waals surface area contributed by atoms with Crippen molar-refractivity contribution in [1.29, 1.82) is 0 Å². The Balaban J connectivity index is 2.08. The van der Waals surface area contributed by atoms with Crippen molar-refractivity contribution in [2.75, 3.05) is 0 Å². The number of hydrogen-bond acceptors (Lipinski definition) is 2. The number of hydrogen-bond donors (Lipinski definition) is 0. The van der Waals surface area contributed by atoms with E-state index in [1.165, 1.54) is 23.0 Å². The standard InChI is InChI=1S/C17H10ClF3N2O/c18-14-6-4-11(5-7-14)16-12(10-24)9-23(22-16)15-3-1-2-13(8-15)17(19,20)21/h1-10H. The number of nitrogens with zero attached hydrogens (tertiary/aromatic N) is 2. The molecule has 3 nitrogen and oxygen atoms in total. The quantitative estimate of drug-likeness (QED) is 0.621. The van der Waals surface area contributed by atoms with E-state index in [0.29, 0.717) is 22.6 Å². The summed E-state index contributed by atoms with van der Waals surface area (Å²) in [5.74, 6) is 0. The molecule has 122 valence electrons. The molecular weight excluding hydrogens is 341 g/mol. The zero-order valence-corrected chi connectivity index (χ0v) is 12.8. The molecule has 0 atom stereocenters. The zero-order chi connectivity index (χ0) is 17.3. The number of aromatic nitrogens is 2. The van der Waals surface area contributed by atoms with Crippen LogP contribution in [0.3, 0.4) is 0 Å². The molecule has 0 aliphatic carbocycles. The topological polar surface area (TPSA) is 34.9 Å². The molecule has 24 heavy (non-hydrogen) atoms. The first kappa shape index (κ1) is 16.3. The smallest absolute Gasteiger partial charge is 0.298 e. The van der Waals surface area contributed by atoms with Crippen LogP contribution in [0.25, 0.3) is 16.9 Å². The van der Waals surface area contributed by atoms with Gasteiger partial charge in [0.05, 0.1) is 16.8 Å². The lowest BCUT2D eigenvalue weighted by Gasteiger charge is -2.08. The molecule has 0 spiro atoms. The fourth-order valence-electron chi connectivity index (χ4n) is 2.26. The predicted molar refractivity (Wildman–Crippen MR) is 84.4 cm³/mol. The molecule has 1 heterocycles. The Labute approximate surface area is 140 Å². The number of benzene rings is 2. The van der Waals surface area contributed by atoms with Gasteiger partial charge in [-0.25, -0.2) is 4.68 Å². The van der Waals surface area contributed by atoms with Crippen LogP contribution in [0.2, 0.25) is 5.02 Å². The number of carbonyl (C=O) groups is 1. The van der Waals surface area contributed by atoms with Crippen LogP contribution < -0.4 is 0 Å². The Morgan fingerprint density at radius 3 is 2.42 bits per heavy atom. The largest absolute Gasteiger partial charge is 0.416 e. The highest BCUT2D eigenvalue weighted by Gasteiger charge is 2.30. The highest BCUT2D eigenvalue weighted by Crippen LogP contribution is 2.31. The van der Waals surface area contributed by atoms with E-state index < -0.39 is 11.7 Å². The maximum absolute atomic E-state index is 12.8. The van der Waals surface area contributed by atoms with E-state index in [1.54, 1.807) is 24.3 Å². The van der Waals surface area contributed by atoms with Crippen molar-refractivity contribution in [1.82, 2.24) is 9.78 Å². The van der Waals surface area contributed by atoms with Crippen molar-refractivity contribution >= 4 is 17.9 Å². The van der Waals surface area contributed by atoms with Gasteiger partial charge in [-0.05, 0) is 30.3 Å². The zero-order valence-electron chi connectivity index (χ0n) is 12.1. The summed E-state index contributed by atoms with van der Waals surface area (Å²) in [6.45, 7) is 0. The van der Waals surface area contributed by atoms with E-state index >= 15 is 0 Å². The lowest BCUT2D eigenvalue weighted by atomic mass is 10.1. The third kappa shape index (κ3) is 3.19. The Kier molecular flexibility index (Phi) is 4.15. The molecule has 1 aromatic heterocycles. The minimum atomic E-state index is -4.45. The van der Waals surface area contributed by atoms with Gasteiger partial charge in [-0.15, -0.1) is 0 Å². The molecule has 3 aromatic rings. The molecule has 0 bridgehead atoms. The van der Waals surface area contributed by atoms with Crippen LogP contribution in [0.4, 0.5) is 13.2 Å². The SMILES string of the molecule is O=Cc1cn(-c2cccc(C(F)(F)F)c2)nc1-c1ccc(Cl)cc1. The third-order valence-electron chi connectivity index (χ3n) is 3.43. The highest BCUT2D eigenvalue weighted by atomic mass is 35.5. The van der Waals surface area contributed by atoms with Crippen molar-refractivity contribution in [3.8, 4) is 16.9 Å². The van der Waals surface area contributed by atoms with Gasteiger partial charge in [0.2, 0.25) is 0 Å². The number of rotatable bonds is 3. The van der Waals surface area contributed by atoms with Gasteiger partial charge in [-0.2, -0.15) is 18.3 Å². The monoisotopic (exact) mass is 350 g/mol. The number of halogens is 4. The summed E-state index contributed by atoms with van der Waals surface area (Å²) in [6, 6.07) is 11.4. The second-order valence-electron chi connectivity index (χ2n) is 5.05. The van der Waals surface area contributed by atoms with Gasteiger partial charge in [-0.3, -0.25) is 4.79 Å². The average molecular weight is 351 g/mol. The van der Waals surface area contributed by atoms with Gasteiger partial charge in [0.25, 0.3) is 0 Å². The second-order valence-corrected chi connectivity index (χ2v) is 5.49. The Morgan fingerprint density at radius 2 is 1.79 bits per heavy atom. The Bertz CT molecular complexity index is 886. The fraction of sp³-hybridized carbons (Fsp3) is 0.0588. The van der Waals surface area contributed by atoms with Crippen LogP contribution in [0, 0.1) is 0 Å². The van der Waals surface area contributed by atoms with Crippen molar-refractivity contribution < 1.29 is 18.0 Å². The van der Waals surface area contributed by atoms with Crippen LogP contribution in [-0.4, -0.2) is 16.1 Å². The molecule has 0 saturated carbocycles. The first-order valence-electron chi connectivity index (χ1n) is 6.87. The van der Waals surface area contributed by atoms with Crippen molar-refractivity contribution in [3.05, 3.63) is 70.9 Å². The summed E-state index contributed by atoms with van der Waals surface area (Å²) < 4.78 is 39.8. The number of carbonyl (C=O) groups excluding carboxylic acids is 1. The van der Waals surface area contributed by atoms with Crippen molar-refractivity contribution in [3.63, 3.8) is 0 Å². The van der Waals surface area contributed by atoms with Crippen molar-refractivity contribution in [2.24, 2.45) is 0 Å². The summed E-state index contributed by atoms with van der Waals surface area (Å²) in [5.41, 5.74) is 0.727. The summed E-state index contributed by atoms with van der Waals surface area (Å²) in [4.78, 5) is 11.3. The van der Waals surface area contributed by atoms with E-state index in [1.807, 2.05) is 0 Å². The molecule has 0 aliphatic heterocycles. The molecule has 7 heteroatoms. The first-order valence-corrected chi connectivity index (χ1v) is 7.25. The summed E-state index contributed by atoms with van der Waals surface area (Å²) >= 11 is 5.83. The molecule has 0 N–H and O–H groups in total. The third-order valence-corrected chi connectivity index (χ3v) is 3.68. The van der Waals surface area contributed by atoms with E-state index in [9.17, 15) is 18.0 Å². The molecule has 2 aromatic carbocycles. The van der Waals surface area contributed by atoms with E-state index in [2.05, 4.69) is 5.10 Å². The second kappa shape index (κ2) is 6.13. The Hall–Kier alpha value is -2.60. The maximum Gasteiger partial charge on any atom is 0.416 e. The predicted octanol–water partition coefficient (Wildman–Crippen LogP) is 5.02. The number of alkyl halides is 3. The highest BCUT2D eigenvalue weighted by molar-refractivity contribution is 6.30. The average Bonchev–Trinajstić information content (AvgIpc) is 2.99. The molecule has 3 rings (SSSR count). The lowest BCUT2D eigenvalue weighted by Crippen LogP contribution is -2.06. The van der Waals surface area contributed by atoms with Crippen LogP contribution in [0.15, 0.2) is 54.7 Å². The summed E-state index contributed by atoms with van der Waals surface area (Å²) in [6.07, 6.45) is -2.44. The van der Waals surface area contributed by atoms with Gasteiger partial charge >= 0.3 is 6.18 Å². The Morgan fingerprint density at radius 1 is 1.08 bits per heavy atom. The number of aldehydes is 1. The minimum Gasteiger partial charge on any atom is -0.298 e. The van der Waals surface area contributed by atoms with Crippen LogP contribution in [-0.2, 0) is 6.18 Å². The van der Waals surface area contributed by atoms with E-state index in [-0.39, 0.29) is 11.3 Å². The maximum atomic E-state index is 12.8. The minimum absolute atomic E-state index is 0.216. The van der Waals surface area contributed by atoms with Crippen LogP contribution in [0.1, 0.15) is 15.9 Å². The lowest BCUT2D eigenvalue weighted by molar-refractivity contribution is -0.137. The van der Waals surface area contributed by atoms with Gasteiger partial charge in [-0.1, -0.05) is 29.8 Å².